The third-order valence-corrected chi connectivity index (χ3v) is 3.69. The number of benzene rings is 2. The zero-order valence-corrected chi connectivity index (χ0v) is 12.5. The van der Waals surface area contributed by atoms with Gasteiger partial charge in [0, 0.05) is 5.02 Å². The Morgan fingerprint density at radius 2 is 1.77 bits per heavy atom. The van der Waals surface area contributed by atoms with Gasteiger partial charge in [-0.15, -0.1) is 0 Å². The number of carboxylic acid groups (broad SMARTS) is 1. The van der Waals surface area contributed by atoms with Crippen LogP contribution in [0.25, 0.3) is 16.6 Å². The van der Waals surface area contributed by atoms with Gasteiger partial charge in [0.1, 0.15) is 0 Å². The van der Waals surface area contributed by atoms with Gasteiger partial charge >= 0.3 is 5.97 Å². The van der Waals surface area contributed by atoms with Crippen LogP contribution in [-0.4, -0.2) is 20.9 Å². The van der Waals surface area contributed by atoms with Crippen molar-refractivity contribution in [1.29, 1.82) is 0 Å². The maximum atomic E-state index is 12.2. The minimum Gasteiger partial charge on any atom is -0.476 e. The largest absolute Gasteiger partial charge is 0.476 e. The van der Waals surface area contributed by atoms with Crippen LogP contribution in [0.3, 0.4) is 0 Å². The summed E-state index contributed by atoms with van der Waals surface area (Å²) in [5.41, 5.74) is -0.341. The second kappa shape index (κ2) is 5.44. The van der Waals surface area contributed by atoms with Crippen molar-refractivity contribution in [2.45, 2.75) is 0 Å². The van der Waals surface area contributed by atoms with E-state index in [4.69, 9.17) is 23.2 Å². The van der Waals surface area contributed by atoms with Crippen molar-refractivity contribution in [2.24, 2.45) is 0 Å². The van der Waals surface area contributed by atoms with Crippen molar-refractivity contribution in [3.05, 3.63) is 68.4 Å². The van der Waals surface area contributed by atoms with Crippen LogP contribution < -0.4 is 5.43 Å². The van der Waals surface area contributed by atoms with Crippen LogP contribution in [0.5, 0.6) is 0 Å². The fourth-order valence-corrected chi connectivity index (χ4v) is 2.53. The highest BCUT2D eigenvalue weighted by Crippen LogP contribution is 2.24. The number of halogens is 2. The molecule has 0 atom stereocenters. The first-order valence-electron chi connectivity index (χ1n) is 6.20. The van der Waals surface area contributed by atoms with Gasteiger partial charge < -0.3 is 5.11 Å². The number of carboxylic acids is 1. The number of rotatable bonds is 2. The van der Waals surface area contributed by atoms with E-state index < -0.39 is 17.1 Å². The van der Waals surface area contributed by atoms with E-state index >= 15 is 0 Å². The second-order valence-corrected chi connectivity index (χ2v) is 5.35. The standard InChI is InChI=1S/C15H8Cl2N2O3/c16-8-4-6-9(7-5-8)19-13-10(2-1-3-11(13)17)14(20)12(18-19)15(21)22/h1-7H,(H,21,22). The monoisotopic (exact) mass is 334 g/mol. The smallest absolute Gasteiger partial charge is 0.360 e. The van der Waals surface area contributed by atoms with Crippen molar-refractivity contribution in [2.75, 3.05) is 0 Å². The van der Waals surface area contributed by atoms with Crippen LogP contribution in [0.2, 0.25) is 10.0 Å². The lowest BCUT2D eigenvalue weighted by atomic mass is 10.2. The van der Waals surface area contributed by atoms with Crippen LogP contribution in [0, 0.1) is 0 Å². The minimum absolute atomic E-state index is 0.190. The maximum Gasteiger partial charge on any atom is 0.360 e. The summed E-state index contributed by atoms with van der Waals surface area (Å²) in [5.74, 6) is -1.39. The average molecular weight is 335 g/mol. The summed E-state index contributed by atoms with van der Waals surface area (Å²) in [6, 6.07) is 11.3. The third-order valence-electron chi connectivity index (χ3n) is 3.13. The Kier molecular flexibility index (Phi) is 3.60. The van der Waals surface area contributed by atoms with Crippen molar-refractivity contribution < 1.29 is 9.90 Å². The Balaban J connectivity index is 2.47. The molecule has 0 aliphatic carbocycles. The average Bonchev–Trinajstić information content (AvgIpc) is 2.49. The number of fused-ring (bicyclic) bond motifs is 1. The highest BCUT2D eigenvalue weighted by atomic mass is 35.5. The lowest BCUT2D eigenvalue weighted by Crippen LogP contribution is -2.22. The van der Waals surface area contributed by atoms with Gasteiger partial charge in [-0.25, -0.2) is 9.48 Å². The number of hydrogen-bond acceptors (Lipinski definition) is 3. The third kappa shape index (κ3) is 2.34. The fraction of sp³-hybridized carbons (Fsp3) is 0. The molecule has 0 saturated carbocycles. The summed E-state index contributed by atoms with van der Waals surface area (Å²) in [7, 11) is 0. The maximum absolute atomic E-state index is 12.2. The lowest BCUT2D eigenvalue weighted by molar-refractivity contribution is 0.0687. The molecule has 7 heteroatoms. The van der Waals surface area contributed by atoms with E-state index in [2.05, 4.69) is 5.10 Å². The van der Waals surface area contributed by atoms with Crippen molar-refractivity contribution in [3.8, 4) is 5.69 Å². The minimum atomic E-state index is -1.39. The molecule has 0 fully saturated rings. The van der Waals surface area contributed by atoms with Gasteiger partial charge in [-0.3, -0.25) is 4.79 Å². The van der Waals surface area contributed by atoms with Gasteiger partial charge in [0.05, 0.1) is 21.6 Å². The molecule has 5 nitrogen and oxygen atoms in total. The predicted octanol–water partition coefficient (Wildman–Crippen LogP) is 3.39. The van der Waals surface area contributed by atoms with Gasteiger partial charge in [-0.1, -0.05) is 29.3 Å². The number of carbonyl (C=O) groups is 1. The van der Waals surface area contributed by atoms with Crippen molar-refractivity contribution >= 4 is 40.1 Å². The first kappa shape index (κ1) is 14.6. The molecule has 1 N–H and O–H groups in total. The van der Waals surface area contributed by atoms with E-state index in [-0.39, 0.29) is 5.39 Å². The number of aromatic carboxylic acids is 1. The van der Waals surface area contributed by atoms with Crippen molar-refractivity contribution in [1.82, 2.24) is 9.78 Å². The van der Waals surface area contributed by atoms with Crippen LogP contribution in [0.4, 0.5) is 0 Å². The molecule has 0 spiro atoms. The van der Waals surface area contributed by atoms with Crippen LogP contribution in [-0.2, 0) is 0 Å². The molecule has 3 rings (SSSR count). The van der Waals surface area contributed by atoms with E-state index in [1.165, 1.54) is 10.7 Å². The Morgan fingerprint density at radius 1 is 1.09 bits per heavy atom. The molecule has 0 amide bonds. The Hall–Kier alpha value is -2.37. The molecule has 0 aliphatic rings. The summed E-state index contributed by atoms with van der Waals surface area (Å²) in [6.45, 7) is 0. The molecule has 110 valence electrons. The summed E-state index contributed by atoms with van der Waals surface area (Å²) >= 11 is 12.0. The Bertz CT molecular complexity index is 949. The highest BCUT2D eigenvalue weighted by Gasteiger charge is 2.18. The van der Waals surface area contributed by atoms with Gasteiger partial charge in [0.15, 0.2) is 0 Å². The Morgan fingerprint density at radius 3 is 2.41 bits per heavy atom. The Labute approximate surface area is 134 Å². The van der Waals surface area contributed by atoms with Gasteiger partial charge in [0.25, 0.3) is 0 Å². The molecule has 0 radical (unpaired) electrons. The van der Waals surface area contributed by atoms with Crippen LogP contribution in [0.1, 0.15) is 10.5 Å². The van der Waals surface area contributed by atoms with E-state index in [1.807, 2.05) is 0 Å². The molecule has 1 aromatic heterocycles. The lowest BCUT2D eigenvalue weighted by Gasteiger charge is -2.12. The molecule has 3 aromatic rings. The first-order valence-corrected chi connectivity index (χ1v) is 6.95. The molecule has 1 heterocycles. The number of hydrogen-bond donors (Lipinski definition) is 1. The van der Waals surface area contributed by atoms with Crippen LogP contribution >= 0.6 is 23.2 Å². The van der Waals surface area contributed by atoms with E-state index in [1.54, 1.807) is 36.4 Å². The second-order valence-electron chi connectivity index (χ2n) is 4.51. The summed E-state index contributed by atoms with van der Waals surface area (Å²) in [5, 5.41) is 14.1. The van der Waals surface area contributed by atoms with Gasteiger partial charge in [-0.05, 0) is 36.4 Å². The first-order chi connectivity index (χ1) is 10.5. The number of para-hydroxylation sites is 1. The molecule has 2 aromatic carbocycles. The zero-order valence-electron chi connectivity index (χ0n) is 11.0. The number of aromatic nitrogens is 2. The van der Waals surface area contributed by atoms with E-state index in [0.717, 1.165) is 0 Å². The van der Waals surface area contributed by atoms with Crippen molar-refractivity contribution in [3.63, 3.8) is 0 Å². The molecule has 0 unspecified atom stereocenters. The van der Waals surface area contributed by atoms with Gasteiger partial charge in [0.2, 0.25) is 11.1 Å². The molecular formula is C15H8Cl2N2O3. The SMILES string of the molecule is O=C(O)c1nn(-c2ccc(Cl)cc2)c2c(Cl)cccc2c1=O. The zero-order chi connectivity index (χ0) is 15.9. The molecule has 0 saturated heterocycles. The van der Waals surface area contributed by atoms with E-state index in [9.17, 15) is 14.7 Å². The van der Waals surface area contributed by atoms with Gasteiger partial charge in [-0.2, -0.15) is 5.10 Å². The number of nitrogens with zero attached hydrogens (tertiary/aromatic N) is 2. The highest BCUT2D eigenvalue weighted by molar-refractivity contribution is 6.35. The fourth-order valence-electron chi connectivity index (χ4n) is 2.15. The molecule has 22 heavy (non-hydrogen) atoms. The van der Waals surface area contributed by atoms with Crippen LogP contribution in [0.15, 0.2) is 47.3 Å². The summed E-state index contributed by atoms with van der Waals surface area (Å²) in [4.78, 5) is 23.5. The predicted molar refractivity (Wildman–Crippen MR) is 84.3 cm³/mol. The molecule has 0 bridgehead atoms. The quantitative estimate of drug-likeness (QED) is 0.779. The molecular weight excluding hydrogens is 327 g/mol. The normalized spacial score (nSPS) is 10.8. The topological polar surface area (TPSA) is 72.2 Å². The molecule has 0 aliphatic heterocycles. The van der Waals surface area contributed by atoms with E-state index in [0.29, 0.717) is 21.2 Å². The summed E-state index contributed by atoms with van der Waals surface area (Å²) in [6.07, 6.45) is 0. The summed E-state index contributed by atoms with van der Waals surface area (Å²) < 4.78 is 1.33.